The first-order chi connectivity index (χ1) is 15.0. The first-order valence-electron chi connectivity index (χ1n) is 10.9. The van der Waals surface area contributed by atoms with Gasteiger partial charge in [-0.1, -0.05) is 6.07 Å². The Hall–Kier alpha value is -2.93. The van der Waals surface area contributed by atoms with Crippen molar-refractivity contribution in [2.45, 2.75) is 38.1 Å². The normalized spacial score (nSPS) is 14.7. The molecule has 1 N–H and O–H groups in total. The molecule has 31 heavy (non-hydrogen) atoms. The van der Waals surface area contributed by atoms with Crippen LogP contribution >= 0.6 is 0 Å². The maximum atomic E-state index is 13.5. The fourth-order valence-electron chi connectivity index (χ4n) is 4.10. The van der Waals surface area contributed by atoms with E-state index in [4.69, 9.17) is 4.74 Å². The smallest absolute Gasteiger partial charge is 0.254 e. The number of amides is 1. The number of rotatable bonds is 9. The van der Waals surface area contributed by atoms with Crippen molar-refractivity contribution in [3.63, 3.8) is 0 Å². The standard InChI is InChI=1S/C24H31N5O2/c1-5-31-22-12-17(8-9-19(22)16-6-7-16)24(30)29(4)21(10-11-28(2)3)20-15-25-13-18-14-26-27-23(18)20/h8-9,12-16,21H,5-7,10-11H2,1-4H3,(H,26,27)/t21-/m1/s1. The van der Waals surface area contributed by atoms with E-state index in [9.17, 15) is 4.79 Å². The summed E-state index contributed by atoms with van der Waals surface area (Å²) >= 11 is 0. The van der Waals surface area contributed by atoms with Gasteiger partial charge >= 0.3 is 0 Å². The maximum Gasteiger partial charge on any atom is 0.254 e. The average Bonchev–Trinajstić information content (AvgIpc) is 3.49. The molecule has 0 bridgehead atoms. The third kappa shape index (κ3) is 4.56. The van der Waals surface area contributed by atoms with Gasteiger partial charge in [0.05, 0.1) is 24.4 Å². The molecular formula is C24H31N5O2. The van der Waals surface area contributed by atoms with Crippen LogP contribution < -0.4 is 4.74 Å². The zero-order chi connectivity index (χ0) is 22.0. The van der Waals surface area contributed by atoms with E-state index in [1.54, 1.807) is 12.4 Å². The zero-order valence-corrected chi connectivity index (χ0v) is 18.8. The van der Waals surface area contributed by atoms with E-state index in [0.29, 0.717) is 18.1 Å². The Labute approximate surface area is 183 Å². The van der Waals surface area contributed by atoms with Crippen molar-refractivity contribution in [2.75, 3.05) is 34.3 Å². The van der Waals surface area contributed by atoms with Gasteiger partial charge in [-0.15, -0.1) is 0 Å². The quantitative estimate of drug-likeness (QED) is 0.565. The number of fused-ring (bicyclic) bond motifs is 1. The van der Waals surface area contributed by atoms with Crippen LogP contribution in [0.25, 0.3) is 10.9 Å². The monoisotopic (exact) mass is 421 g/mol. The van der Waals surface area contributed by atoms with Crippen LogP contribution in [-0.4, -0.2) is 65.2 Å². The van der Waals surface area contributed by atoms with Crippen LogP contribution in [0.5, 0.6) is 5.75 Å². The topological polar surface area (TPSA) is 74.3 Å². The molecule has 164 valence electrons. The number of hydrogen-bond acceptors (Lipinski definition) is 5. The predicted octanol–water partition coefficient (Wildman–Crippen LogP) is 4.00. The number of H-pyrrole nitrogens is 1. The molecule has 1 aliphatic rings. The van der Waals surface area contributed by atoms with Gasteiger partial charge in [0.1, 0.15) is 5.75 Å². The Bertz CT molecular complexity index is 1060. The number of pyridine rings is 1. The molecule has 3 aromatic rings. The van der Waals surface area contributed by atoms with Crippen LogP contribution in [0.3, 0.4) is 0 Å². The minimum absolute atomic E-state index is 0.0245. The second-order valence-electron chi connectivity index (χ2n) is 8.55. The number of carbonyl (C=O) groups excluding carboxylic acids is 1. The van der Waals surface area contributed by atoms with E-state index in [2.05, 4.69) is 26.1 Å². The number of nitrogens with one attached hydrogen (secondary N) is 1. The van der Waals surface area contributed by atoms with Gasteiger partial charge in [0, 0.05) is 36.0 Å². The lowest BCUT2D eigenvalue weighted by Gasteiger charge is -2.30. The molecule has 0 radical (unpaired) electrons. The van der Waals surface area contributed by atoms with Gasteiger partial charge in [-0.2, -0.15) is 5.10 Å². The Balaban J connectivity index is 1.66. The van der Waals surface area contributed by atoms with Crippen molar-refractivity contribution >= 4 is 16.8 Å². The van der Waals surface area contributed by atoms with Crippen LogP contribution in [0.15, 0.2) is 36.8 Å². The lowest BCUT2D eigenvalue weighted by atomic mass is 10.00. The summed E-state index contributed by atoms with van der Waals surface area (Å²) in [6.45, 7) is 3.41. The summed E-state index contributed by atoms with van der Waals surface area (Å²) in [6, 6.07) is 5.78. The van der Waals surface area contributed by atoms with E-state index >= 15 is 0 Å². The summed E-state index contributed by atoms with van der Waals surface area (Å²) in [6.07, 6.45) is 8.57. The largest absolute Gasteiger partial charge is 0.494 e. The molecule has 1 amide bonds. The summed E-state index contributed by atoms with van der Waals surface area (Å²) in [5, 5.41) is 8.20. The number of ether oxygens (including phenoxy) is 1. The van der Waals surface area contributed by atoms with Crippen molar-refractivity contribution < 1.29 is 9.53 Å². The number of hydrogen-bond donors (Lipinski definition) is 1. The van der Waals surface area contributed by atoms with Gasteiger partial charge in [-0.05, 0) is 70.4 Å². The molecule has 0 saturated heterocycles. The number of carbonyl (C=O) groups is 1. The van der Waals surface area contributed by atoms with Gasteiger partial charge in [0.25, 0.3) is 5.91 Å². The molecule has 1 fully saturated rings. The Morgan fingerprint density at radius 1 is 1.23 bits per heavy atom. The van der Waals surface area contributed by atoms with E-state index in [0.717, 1.165) is 35.2 Å². The summed E-state index contributed by atoms with van der Waals surface area (Å²) < 4.78 is 5.88. The average molecular weight is 422 g/mol. The minimum atomic E-state index is -0.134. The SMILES string of the molecule is CCOc1cc(C(=O)N(C)[C@H](CCN(C)C)c2cncc3cn[nH]c23)ccc1C1CC1. The molecule has 0 unspecified atom stereocenters. The first-order valence-corrected chi connectivity index (χ1v) is 10.9. The Morgan fingerprint density at radius 3 is 2.74 bits per heavy atom. The van der Waals surface area contributed by atoms with E-state index in [-0.39, 0.29) is 11.9 Å². The molecule has 1 aromatic carbocycles. The van der Waals surface area contributed by atoms with Crippen molar-refractivity contribution in [2.24, 2.45) is 0 Å². The molecule has 4 rings (SSSR count). The molecular weight excluding hydrogens is 390 g/mol. The summed E-state index contributed by atoms with van der Waals surface area (Å²) in [5.41, 5.74) is 3.77. The van der Waals surface area contributed by atoms with Crippen LogP contribution in [-0.2, 0) is 0 Å². The molecule has 0 aliphatic heterocycles. The zero-order valence-electron chi connectivity index (χ0n) is 18.8. The van der Waals surface area contributed by atoms with Crippen LogP contribution in [0, 0.1) is 0 Å². The van der Waals surface area contributed by atoms with E-state index in [1.807, 2.05) is 51.3 Å². The predicted molar refractivity (Wildman–Crippen MR) is 121 cm³/mol. The number of benzene rings is 1. The van der Waals surface area contributed by atoms with Gasteiger partial charge < -0.3 is 14.5 Å². The van der Waals surface area contributed by atoms with E-state index < -0.39 is 0 Å². The maximum absolute atomic E-state index is 13.5. The Morgan fingerprint density at radius 2 is 2.03 bits per heavy atom. The second kappa shape index (κ2) is 9.06. The molecule has 2 heterocycles. The Kier molecular flexibility index (Phi) is 6.23. The van der Waals surface area contributed by atoms with Crippen molar-refractivity contribution in [1.29, 1.82) is 0 Å². The summed E-state index contributed by atoms with van der Waals surface area (Å²) in [7, 11) is 5.95. The highest BCUT2D eigenvalue weighted by molar-refractivity contribution is 5.95. The van der Waals surface area contributed by atoms with Crippen molar-refractivity contribution in [3.8, 4) is 5.75 Å². The molecule has 7 heteroatoms. The molecule has 1 saturated carbocycles. The number of aromatic nitrogens is 3. The van der Waals surface area contributed by atoms with Gasteiger partial charge in [-0.3, -0.25) is 14.9 Å². The van der Waals surface area contributed by atoms with Gasteiger partial charge in [0.2, 0.25) is 0 Å². The minimum Gasteiger partial charge on any atom is -0.494 e. The molecule has 0 spiro atoms. The summed E-state index contributed by atoms with van der Waals surface area (Å²) in [5.74, 6) is 1.38. The van der Waals surface area contributed by atoms with Crippen LogP contribution in [0.4, 0.5) is 0 Å². The molecule has 1 atom stereocenters. The van der Waals surface area contributed by atoms with Gasteiger partial charge in [0.15, 0.2) is 0 Å². The van der Waals surface area contributed by atoms with Crippen LogP contribution in [0.1, 0.15) is 59.6 Å². The van der Waals surface area contributed by atoms with Gasteiger partial charge in [-0.25, -0.2) is 0 Å². The first kappa shape index (κ1) is 21.3. The van der Waals surface area contributed by atoms with Crippen molar-refractivity contribution in [3.05, 3.63) is 53.5 Å². The van der Waals surface area contributed by atoms with E-state index in [1.165, 1.54) is 18.4 Å². The fourth-order valence-corrected chi connectivity index (χ4v) is 4.10. The summed E-state index contributed by atoms with van der Waals surface area (Å²) in [4.78, 5) is 21.9. The highest BCUT2D eigenvalue weighted by Gasteiger charge is 2.29. The highest BCUT2D eigenvalue weighted by atomic mass is 16.5. The molecule has 7 nitrogen and oxygen atoms in total. The molecule has 1 aliphatic carbocycles. The van der Waals surface area contributed by atoms with Crippen LogP contribution in [0.2, 0.25) is 0 Å². The third-order valence-electron chi connectivity index (χ3n) is 5.96. The third-order valence-corrected chi connectivity index (χ3v) is 5.96. The number of nitrogens with zero attached hydrogens (tertiary/aromatic N) is 4. The highest BCUT2D eigenvalue weighted by Crippen LogP contribution is 2.44. The van der Waals surface area contributed by atoms with Crippen molar-refractivity contribution in [1.82, 2.24) is 25.0 Å². The fraction of sp³-hybridized carbons (Fsp3) is 0.458. The lowest BCUT2D eigenvalue weighted by Crippen LogP contribution is -2.33. The molecule has 2 aromatic heterocycles. The lowest BCUT2D eigenvalue weighted by molar-refractivity contribution is 0.0716. The second-order valence-corrected chi connectivity index (χ2v) is 8.55. The number of aromatic amines is 1.